The van der Waals surface area contributed by atoms with Crippen molar-refractivity contribution < 1.29 is 9.84 Å². The molecule has 2 nitrogen and oxygen atoms in total. The molecule has 0 saturated heterocycles. The highest BCUT2D eigenvalue weighted by molar-refractivity contribution is 5.34. The van der Waals surface area contributed by atoms with Gasteiger partial charge in [0.15, 0.2) is 0 Å². The molecule has 0 spiro atoms. The van der Waals surface area contributed by atoms with Gasteiger partial charge < -0.3 is 9.84 Å². The SMILES string of the molecule is Cc1ccc(COc2ccccc2CCC(O)C(C)(C)C)cc1. The summed E-state index contributed by atoms with van der Waals surface area (Å²) in [5.74, 6) is 0.911. The van der Waals surface area contributed by atoms with Crippen molar-refractivity contribution in [2.45, 2.75) is 53.2 Å². The van der Waals surface area contributed by atoms with E-state index < -0.39 is 0 Å². The van der Waals surface area contributed by atoms with Crippen LogP contribution in [0.2, 0.25) is 0 Å². The third-order valence-electron chi connectivity index (χ3n) is 4.17. The Bertz CT molecular complexity index is 608. The van der Waals surface area contributed by atoms with Crippen LogP contribution in [0.1, 0.15) is 43.9 Å². The minimum absolute atomic E-state index is 0.0856. The minimum Gasteiger partial charge on any atom is -0.489 e. The summed E-state index contributed by atoms with van der Waals surface area (Å²) >= 11 is 0. The number of benzene rings is 2. The van der Waals surface area contributed by atoms with Crippen LogP contribution in [0.15, 0.2) is 48.5 Å². The molecule has 2 aromatic carbocycles. The zero-order valence-electron chi connectivity index (χ0n) is 14.7. The van der Waals surface area contributed by atoms with Crippen LogP contribution in [0.3, 0.4) is 0 Å². The molecule has 1 N–H and O–H groups in total. The molecule has 0 fully saturated rings. The molecule has 2 aromatic rings. The number of para-hydroxylation sites is 1. The molecule has 0 heterocycles. The average molecular weight is 312 g/mol. The Morgan fingerprint density at radius 3 is 2.30 bits per heavy atom. The van der Waals surface area contributed by atoms with Gasteiger partial charge in [-0.1, -0.05) is 68.8 Å². The molecule has 0 aliphatic heterocycles. The minimum atomic E-state index is -0.312. The highest BCUT2D eigenvalue weighted by Gasteiger charge is 2.22. The topological polar surface area (TPSA) is 29.5 Å². The van der Waals surface area contributed by atoms with Crippen molar-refractivity contribution in [3.63, 3.8) is 0 Å². The van der Waals surface area contributed by atoms with Crippen LogP contribution in [0, 0.1) is 12.3 Å². The predicted octanol–water partition coefficient (Wildman–Crippen LogP) is 4.91. The number of hydrogen-bond acceptors (Lipinski definition) is 2. The van der Waals surface area contributed by atoms with Crippen molar-refractivity contribution in [1.82, 2.24) is 0 Å². The quantitative estimate of drug-likeness (QED) is 0.821. The average Bonchev–Trinajstić information content (AvgIpc) is 2.52. The van der Waals surface area contributed by atoms with Crippen LogP contribution in [-0.4, -0.2) is 11.2 Å². The summed E-state index contributed by atoms with van der Waals surface area (Å²) < 4.78 is 6.00. The molecular formula is C21H28O2. The smallest absolute Gasteiger partial charge is 0.122 e. The lowest BCUT2D eigenvalue weighted by atomic mass is 9.86. The Hall–Kier alpha value is -1.80. The number of rotatable bonds is 6. The van der Waals surface area contributed by atoms with Gasteiger partial charge in [-0.3, -0.25) is 0 Å². The van der Waals surface area contributed by atoms with Crippen LogP contribution in [0.25, 0.3) is 0 Å². The summed E-state index contributed by atoms with van der Waals surface area (Å²) in [4.78, 5) is 0. The normalized spacial score (nSPS) is 12.9. The molecule has 2 rings (SSSR count). The van der Waals surface area contributed by atoms with E-state index in [1.165, 1.54) is 11.1 Å². The maximum absolute atomic E-state index is 10.2. The summed E-state index contributed by atoms with van der Waals surface area (Å²) in [6.07, 6.45) is 1.25. The molecule has 2 heteroatoms. The molecule has 1 unspecified atom stereocenters. The Kier molecular flexibility index (Phi) is 5.84. The second-order valence-electron chi connectivity index (χ2n) is 7.30. The molecule has 0 bridgehead atoms. The first-order chi connectivity index (χ1) is 10.9. The fraction of sp³-hybridized carbons (Fsp3) is 0.429. The number of aryl methyl sites for hydroxylation is 2. The summed E-state index contributed by atoms with van der Waals surface area (Å²) in [5, 5.41) is 10.2. The summed E-state index contributed by atoms with van der Waals surface area (Å²) in [5.41, 5.74) is 3.49. The van der Waals surface area contributed by atoms with E-state index in [0.717, 1.165) is 24.2 Å². The highest BCUT2D eigenvalue weighted by Crippen LogP contribution is 2.26. The molecule has 0 aromatic heterocycles. The molecule has 23 heavy (non-hydrogen) atoms. The lowest BCUT2D eigenvalue weighted by Crippen LogP contribution is -2.26. The Morgan fingerprint density at radius 1 is 1.00 bits per heavy atom. The maximum atomic E-state index is 10.2. The van der Waals surface area contributed by atoms with Crippen LogP contribution in [0.4, 0.5) is 0 Å². The lowest BCUT2D eigenvalue weighted by Gasteiger charge is -2.26. The molecule has 0 amide bonds. The van der Waals surface area contributed by atoms with Gasteiger partial charge in [0.25, 0.3) is 0 Å². The van der Waals surface area contributed by atoms with E-state index in [-0.39, 0.29) is 11.5 Å². The van der Waals surface area contributed by atoms with Crippen LogP contribution in [0.5, 0.6) is 5.75 Å². The van der Waals surface area contributed by atoms with Gasteiger partial charge in [-0.2, -0.15) is 0 Å². The molecule has 124 valence electrons. The molecule has 0 saturated carbocycles. The molecule has 0 aliphatic rings. The third kappa shape index (κ3) is 5.40. The number of ether oxygens (including phenoxy) is 1. The Morgan fingerprint density at radius 2 is 1.65 bits per heavy atom. The second-order valence-corrected chi connectivity index (χ2v) is 7.30. The Balaban J connectivity index is 1.98. The van der Waals surface area contributed by atoms with E-state index >= 15 is 0 Å². The van der Waals surface area contributed by atoms with Crippen molar-refractivity contribution in [3.8, 4) is 5.75 Å². The summed E-state index contributed by atoms with van der Waals surface area (Å²) in [7, 11) is 0. The van der Waals surface area contributed by atoms with Gasteiger partial charge >= 0.3 is 0 Å². The van der Waals surface area contributed by atoms with E-state index in [2.05, 4.69) is 58.0 Å². The van der Waals surface area contributed by atoms with Gasteiger partial charge in [-0.25, -0.2) is 0 Å². The van der Waals surface area contributed by atoms with Crippen LogP contribution < -0.4 is 4.74 Å². The molecular weight excluding hydrogens is 284 g/mol. The molecule has 0 aliphatic carbocycles. The van der Waals surface area contributed by atoms with E-state index in [1.54, 1.807) is 0 Å². The van der Waals surface area contributed by atoms with Crippen molar-refractivity contribution in [3.05, 3.63) is 65.2 Å². The van der Waals surface area contributed by atoms with Crippen LogP contribution in [-0.2, 0) is 13.0 Å². The fourth-order valence-corrected chi connectivity index (χ4v) is 2.42. The first-order valence-electron chi connectivity index (χ1n) is 8.30. The first kappa shape index (κ1) is 17.6. The standard InChI is InChI=1S/C21H28O2/c1-16-9-11-17(12-10-16)15-23-19-8-6-5-7-18(19)13-14-20(22)21(2,3)4/h5-12,20,22H,13-15H2,1-4H3. The van der Waals surface area contributed by atoms with Gasteiger partial charge in [-0.05, 0) is 42.4 Å². The van der Waals surface area contributed by atoms with E-state index in [1.807, 2.05) is 18.2 Å². The number of aliphatic hydroxyl groups excluding tert-OH is 1. The van der Waals surface area contributed by atoms with E-state index in [9.17, 15) is 5.11 Å². The van der Waals surface area contributed by atoms with E-state index in [0.29, 0.717) is 6.61 Å². The lowest BCUT2D eigenvalue weighted by molar-refractivity contribution is 0.0558. The van der Waals surface area contributed by atoms with Crippen molar-refractivity contribution >= 4 is 0 Å². The predicted molar refractivity (Wildman–Crippen MR) is 95.7 cm³/mol. The summed E-state index contributed by atoms with van der Waals surface area (Å²) in [6.45, 7) is 8.85. The monoisotopic (exact) mass is 312 g/mol. The Labute approximate surface area is 140 Å². The van der Waals surface area contributed by atoms with Crippen molar-refractivity contribution in [2.24, 2.45) is 5.41 Å². The van der Waals surface area contributed by atoms with Gasteiger partial charge in [0.1, 0.15) is 12.4 Å². The van der Waals surface area contributed by atoms with Gasteiger partial charge in [0.05, 0.1) is 6.10 Å². The largest absolute Gasteiger partial charge is 0.489 e. The second kappa shape index (κ2) is 7.65. The zero-order valence-corrected chi connectivity index (χ0v) is 14.7. The van der Waals surface area contributed by atoms with Gasteiger partial charge in [-0.15, -0.1) is 0 Å². The third-order valence-corrected chi connectivity index (χ3v) is 4.17. The molecule has 1 atom stereocenters. The van der Waals surface area contributed by atoms with Gasteiger partial charge in [0, 0.05) is 0 Å². The van der Waals surface area contributed by atoms with Gasteiger partial charge in [0.2, 0.25) is 0 Å². The van der Waals surface area contributed by atoms with Crippen molar-refractivity contribution in [2.75, 3.05) is 0 Å². The first-order valence-corrected chi connectivity index (χ1v) is 8.30. The zero-order chi connectivity index (χ0) is 16.9. The van der Waals surface area contributed by atoms with Crippen molar-refractivity contribution in [1.29, 1.82) is 0 Å². The number of aliphatic hydroxyl groups is 1. The maximum Gasteiger partial charge on any atom is 0.122 e. The fourth-order valence-electron chi connectivity index (χ4n) is 2.42. The summed E-state index contributed by atoms with van der Waals surface area (Å²) in [6, 6.07) is 16.5. The molecule has 0 radical (unpaired) electrons. The highest BCUT2D eigenvalue weighted by atomic mass is 16.5. The van der Waals surface area contributed by atoms with E-state index in [4.69, 9.17) is 4.74 Å². The van der Waals surface area contributed by atoms with Crippen LogP contribution >= 0.6 is 0 Å². The number of hydrogen-bond donors (Lipinski definition) is 1.